The van der Waals surface area contributed by atoms with E-state index in [0.29, 0.717) is 0 Å². The molecule has 1 aliphatic heterocycles. The van der Waals surface area contributed by atoms with E-state index in [2.05, 4.69) is 50.4 Å². The molecule has 1 unspecified atom stereocenters. The Balaban J connectivity index is 2.27. The van der Waals surface area contributed by atoms with Gasteiger partial charge >= 0.3 is 0 Å². The van der Waals surface area contributed by atoms with Crippen molar-refractivity contribution < 1.29 is 5.11 Å². The number of anilines is 1. The van der Waals surface area contributed by atoms with E-state index in [9.17, 15) is 5.11 Å². The van der Waals surface area contributed by atoms with Gasteiger partial charge in [-0.25, -0.2) is 0 Å². The van der Waals surface area contributed by atoms with Crippen LogP contribution in [0.15, 0.2) is 24.3 Å². The molecule has 1 atom stereocenters. The highest BCUT2D eigenvalue weighted by molar-refractivity contribution is 7.99. The maximum Gasteiger partial charge on any atom is 0.0744 e. The highest BCUT2D eigenvalue weighted by atomic mass is 32.2. The number of benzene rings is 1. The highest BCUT2D eigenvalue weighted by Gasteiger charge is 2.46. The normalized spacial score (nSPS) is 26.9. The minimum Gasteiger partial charge on any atom is -0.394 e. The molecule has 1 aromatic carbocycles. The molecular formula is C15H23NOS. The van der Waals surface area contributed by atoms with E-state index in [1.165, 1.54) is 11.3 Å². The van der Waals surface area contributed by atoms with Crippen LogP contribution in [0.3, 0.4) is 0 Å². The van der Waals surface area contributed by atoms with Gasteiger partial charge in [0.05, 0.1) is 12.1 Å². The molecular weight excluding hydrogens is 242 g/mol. The molecule has 1 aromatic rings. The van der Waals surface area contributed by atoms with Crippen LogP contribution in [0.5, 0.6) is 0 Å². The molecule has 0 aromatic heterocycles. The molecule has 0 spiro atoms. The smallest absolute Gasteiger partial charge is 0.0744 e. The summed E-state index contributed by atoms with van der Waals surface area (Å²) in [5.41, 5.74) is 2.24. The fourth-order valence-corrected chi connectivity index (χ4v) is 4.21. The first-order valence-electron chi connectivity index (χ1n) is 6.53. The van der Waals surface area contributed by atoms with Gasteiger partial charge in [0.25, 0.3) is 0 Å². The first-order valence-corrected chi connectivity index (χ1v) is 7.68. The molecule has 3 heteroatoms. The van der Waals surface area contributed by atoms with Gasteiger partial charge in [-0.1, -0.05) is 26.0 Å². The SMILES string of the molecule is Cc1cccc(NC2(CO)CSCCC2(C)C)c1. The molecule has 18 heavy (non-hydrogen) atoms. The lowest BCUT2D eigenvalue weighted by molar-refractivity contribution is 0.110. The van der Waals surface area contributed by atoms with E-state index in [4.69, 9.17) is 0 Å². The lowest BCUT2D eigenvalue weighted by atomic mass is 9.71. The van der Waals surface area contributed by atoms with Crippen LogP contribution < -0.4 is 5.32 Å². The van der Waals surface area contributed by atoms with Gasteiger partial charge in [-0.3, -0.25) is 0 Å². The van der Waals surface area contributed by atoms with E-state index in [1.807, 2.05) is 11.8 Å². The summed E-state index contributed by atoms with van der Waals surface area (Å²) < 4.78 is 0. The standard InChI is InChI=1S/C15H23NOS/c1-12-5-4-6-13(9-12)16-15(10-17)11-18-8-7-14(15,2)3/h4-6,9,16-17H,7-8,10-11H2,1-3H3. The number of nitrogens with one attached hydrogen (secondary N) is 1. The second-order valence-electron chi connectivity index (χ2n) is 5.92. The number of rotatable bonds is 3. The van der Waals surface area contributed by atoms with Crippen molar-refractivity contribution in [2.24, 2.45) is 5.41 Å². The second-order valence-corrected chi connectivity index (χ2v) is 7.03. The summed E-state index contributed by atoms with van der Waals surface area (Å²) in [5, 5.41) is 13.5. The van der Waals surface area contributed by atoms with Crippen molar-refractivity contribution in [3.63, 3.8) is 0 Å². The zero-order valence-electron chi connectivity index (χ0n) is 11.5. The summed E-state index contributed by atoms with van der Waals surface area (Å²) >= 11 is 1.93. The predicted octanol–water partition coefficient (Wildman–Crippen LogP) is 3.30. The van der Waals surface area contributed by atoms with Crippen molar-refractivity contribution in [1.82, 2.24) is 0 Å². The number of hydrogen-bond acceptors (Lipinski definition) is 3. The Hall–Kier alpha value is -0.670. The molecule has 2 N–H and O–H groups in total. The number of aliphatic hydroxyl groups excluding tert-OH is 1. The van der Waals surface area contributed by atoms with Crippen molar-refractivity contribution in [3.05, 3.63) is 29.8 Å². The first kappa shape index (κ1) is 13.8. The minimum atomic E-state index is -0.219. The molecule has 1 heterocycles. The van der Waals surface area contributed by atoms with Gasteiger partial charge in [0.15, 0.2) is 0 Å². The minimum absolute atomic E-state index is 0.108. The molecule has 1 fully saturated rings. The summed E-state index contributed by atoms with van der Waals surface area (Å²) in [6, 6.07) is 8.38. The van der Waals surface area contributed by atoms with Crippen LogP contribution in [0.1, 0.15) is 25.8 Å². The molecule has 0 aliphatic carbocycles. The van der Waals surface area contributed by atoms with Crippen LogP contribution in [0.25, 0.3) is 0 Å². The fourth-order valence-electron chi connectivity index (χ4n) is 2.51. The van der Waals surface area contributed by atoms with Gasteiger partial charge in [0.1, 0.15) is 0 Å². The third-order valence-electron chi connectivity index (χ3n) is 4.19. The quantitative estimate of drug-likeness (QED) is 0.879. The number of hydrogen-bond donors (Lipinski definition) is 2. The van der Waals surface area contributed by atoms with E-state index in [1.54, 1.807) is 0 Å². The Morgan fingerprint density at radius 1 is 1.39 bits per heavy atom. The maximum absolute atomic E-state index is 9.93. The highest BCUT2D eigenvalue weighted by Crippen LogP contribution is 2.44. The second kappa shape index (κ2) is 5.14. The van der Waals surface area contributed by atoms with Crippen LogP contribution in [0.2, 0.25) is 0 Å². The molecule has 100 valence electrons. The van der Waals surface area contributed by atoms with E-state index in [-0.39, 0.29) is 17.6 Å². The molecule has 1 aliphatic rings. The third kappa shape index (κ3) is 2.52. The zero-order valence-corrected chi connectivity index (χ0v) is 12.3. The van der Waals surface area contributed by atoms with Crippen LogP contribution in [-0.2, 0) is 0 Å². The molecule has 2 nitrogen and oxygen atoms in total. The van der Waals surface area contributed by atoms with Gasteiger partial charge < -0.3 is 10.4 Å². The lowest BCUT2D eigenvalue weighted by Gasteiger charge is -2.50. The Morgan fingerprint density at radius 3 is 2.78 bits per heavy atom. The first-order chi connectivity index (χ1) is 8.49. The molecule has 0 bridgehead atoms. The number of thioether (sulfide) groups is 1. The molecule has 0 radical (unpaired) electrons. The summed E-state index contributed by atoms with van der Waals surface area (Å²) in [6.07, 6.45) is 1.14. The zero-order chi connectivity index (χ0) is 13.2. The molecule has 1 saturated heterocycles. The Morgan fingerprint density at radius 2 is 2.17 bits per heavy atom. The van der Waals surface area contributed by atoms with Crippen molar-refractivity contribution >= 4 is 17.4 Å². The summed E-state index contributed by atoms with van der Waals surface area (Å²) in [6.45, 7) is 6.79. The van der Waals surface area contributed by atoms with Crippen molar-refractivity contribution in [3.8, 4) is 0 Å². The molecule has 0 amide bonds. The topological polar surface area (TPSA) is 32.3 Å². The van der Waals surface area contributed by atoms with Crippen molar-refractivity contribution in [2.75, 3.05) is 23.4 Å². The Labute approximate surface area is 114 Å². The third-order valence-corrected chi connectivity index (χ3v) is 5.38. The average Bonchev–Trinajstić information content (AvgIpc) is 2.32. The number of aliphatic hydroxyl groups is 1. The monoisotopic (exact) mass is 265 g/mol. The Bertz CT molecular complexity index is 419. The van der Waals surface area contributed by atoms with Crippen LogP contribution >= 0.6 is 11.8 Å². The number of aryl methyl sites for hydroxylation is 1. The summed E-state index contributed by atoms with van der Waals surface area (Å²) in [4.78, 5) is 0. The summed E-state index contributed by atoms with van der Waals surface area (Å²) in [5.74, 6) is 2.15. The molecule has 2 rings (SSSR count). The summed E-state index contributed by atoms with van der Waals surface area (Å²) in [7, 11) is 0. The van der Waals surface area contributed by atoms with E-state index in [0.717, 1.165) is 17.9 Å². The average molecular weight is 265 g/mol. The van der Waals surface area contributed by atoms with Gasteiger partial charge in [-0.15, -0.1) is 0 Å². The van der Waals surface area contributed by atoms with Crippen molar-refractivity contribution in [2.45, 2.75) is 32.7 Å². The predicted molar refractivity (Wildman–Crippen MR) is 80.3 cm³/mol. The largest absolute Gasteiger partial charge is 0.394 e. The van der Waals surface area contributed by atoms with Crippen LogP contribution in [0.4, 0.5) is 5.69 Å². The lowest BCUT2D eigenvalue weighted by Crippen LogP contribution is -2.58. The van der Waals surface area contributed by atoms with Crippen molar-refractivity contribution in [1.29, 1.82) is 0 Å². The van der Waals surface area contributed by atoms with E-state index < -0.39 is 0 Å². The Kier molecular flexibility index (Phi) is 3.93. The van der Waals surface area contributed by atoms with Crippen LogP contribution in [-0.4, -0.2) is 28.8 Å². The van der Waals surface area contributed by atoms with Crippen LogP contribution in [0, 0.1) is 12.3 Å². The van der Waals surface area contributed by atoms with E-state index >= 15 is 0 Å². The van der Waals surface area contributed by atoms with Gasteiger partial charge in [-0.05, 0) is 42.2 Å². The fraction of sp³-hybridized carbons (Fsp3) is 0.600. The van der Waals surface area contributed by atoms with Gasteiger partial charge in [-0.2, -0.15) is 11.8 Å². The maximum atomic E-state index is 9.93. The van der Waals surface area contributed by atoms with Gasteiger partial charge in [0, 0.05) is 11.4 Å². The molecule has 0 saturated carbocycles. The van der Waals surface area contributed by atoms with Gasteiger partial charge in [0.2, 0.25) is 0 Å².